The smallest absolute Gasteiger partial charge is 0.191 e. The van der Waals surface area contributed by atoms with Crippen molar-refractivity contribution in [3.63, 3.8) is 0 Å². The number of halogens is 3. The number of hydrogen-bond donors (Lipinski definition) is 2. The number of benzene rings is 1. The Hall–Kier alpha value is -1.41. The predicted molar refractivity (Wildman–Crippen MR) is 117 cm³/mol. The first kappa shape index (κ1) is 22.6. The SMILES string of the molecule is CCNC(=NCCc1ccc(Cl)nc1)NC(C)c1ccc(C)c(F)c1.I. The highest BCUT2D eigenvalue weighted by molar-refractivity contribution is 14.0. The van der Waals surface area contributed by atoms with E-state index in [9.17, 15) is 4.39 Å². The Bertz CT molecular complexity index is 722. The largest absolute Gasteiger partial charge is 0.357 e. The van der Waals surface area contributed by atoms with Crippen LogP contribution in [0.1, 0.15) is 36.6 Å². The zero-order chi connectivity index (χ0) is 18.2. The molecule has 1 atom stereocenters. The van der Waals surface area contributed by atoms with E-state index in [1.54, 1.807) is 31.3 Å². The highest BCUT2D eigenvalue weighted by Gasteiger charge is 2.09. The molecule has 0 saturated carbocycles. The average Bonchev–Trinajstić information content (AvgIpc) is 2.59. The standard InChI is InChI=1S/C19H24ClFN4.HI/c1-4-22-19(23-10-9-15-6-8-18(20)24-12-15)25-14(3)16-7-5-13(2)17(21)11-16;/h5-8,11-12,14H,4,9-10H2,1-3H3,(H2,22,23,25);1H. The molecular formula is C19H25ClFIN4. The summed E-state index contributed by atoms with van der Waals surface area (Å²) < 4.78 is 13.8. The molecule has 0 bridgehead atoms. The Labute approximate surface area is 176 Å². The van der Waals surface area contributed by atoms with Gasteiger partial charge in [0.15, 0.2) is 5.96 Å². The van der Waals surface area contributed by atoms with E-state index in [1.165, 1.54) is 0 Å². The van der Waals surface area contributed by atoms with E-state index in [0.29, 0.717) is 23.2 Å². The third-order valence-corrected chi connectivity index (χ3v) is 4.08. The molecule has 1 unspecified atom stereocenters. The maximum Gasteiger partial charge on any atom is 0.191 e. The zero-order valence-corrected chi connectivity index (χ0v) is 18.3. The van der Waals surface area contributed by atoms with Crippen molar-refractivity contribution in [2.45, 2.75) is 33.2 Å². The quantitative estimate of drug-likeness (QED) is 0.268. The van der Waals surface area contributed by atoms with E-state index < -0.39 is 0 Å². The summed E-state index contributed by atoms with van der Waals surface area (Å²) in [6.45, 7) is 7.13. The first-order chi connectivity index (χ1) is 12.0. The number of nitrogens with zero attached hydrogens (tertiary/aromatic N) is 2. The maximum atomic E-state index is 13.8. The Balaban J connectivity index is 0.00000338. The monoisotopic (exact) mass is 490 g/mol. The summed E-state index contributed by atoms with van der Waals surface area (Å²) >= 11 is 5.79. The zero-order valence-electron chi connectivity index (χ0n) is 15.2. The van der Waals surface area contributed by atoms with Crippen molar-refractivity contribution in [2.24, 2.45) is 4.99 Å². The van der Waals surface area contributed by atoms with Crippen LogP contribution in [0.4, 0.5) is 4.39 Å². The van der Waals surface area contributed by atoms with Gasteiger partial charge in [0.1, 0.15) is 11.0 Å². The third-order valence-electron chi connectivity index (χ3n) is 3.85. The first-order valence-corrected chi connectivity index (χ1v) is 8.78. The van der Waals surface area contributed by atoms with Crippen molar-refractivity contribution in [1.82, 2.24) is 15.6 Å². The van der Waals surface area contributed by atoms with Crippen molar-refractivity contribution < 1.29 is 4.39 Å². The molecule has 26 heavy (non-hydrogen) atoms. The summed E-state index contributed by atoms with van der Waals surface area (Å²) in [6, 6.07) is 8.96. The van der Waals surface area contributed by atoms with E-state index in [0.717, 1.165) is 24.1 Å². The highest BCUT2D eigenvalue weighted by Crippen LogP contribution is 2.16. The molecule has 0 spiro atoms. The summed E-state index contributed by atoms with van der Waals surface area (Å²) in [7, 11) is 0. The van der Waals surface area contributed by atoms with Crippen molar-refractivity contribution in [1.29, 1.82) is 0 Å². The minimum atomic E-state index is -0.191. The lowest BCUT2D eigenvalue weighted by molar-refractivity contribution is 0.607. The Morgan fingerprint density at radius 3 is 2.69 bits per heavy atom. The van der Waals surface area contributed by atoms with Gasteiger partial charge in [-0.3, -0.25) is 4.99 Å². The summed E-state index contributed by atoms with van der Waals surface area (Å²) in [6.07, 6.45) is 2.53. The molecule has 0 fully saturated rings. The normalized spacial score (nSPS) is 12.3. The van der Waals surface area contributed by atoms with Gasteiger partial charge in [0.2, 0.25) is 0 Å². The molecule has 0 radical (unpaired) electrons. The minimum absolute atomic E-state index is 0. The number of pyridine rings is 1. The molecule has 1 aromatic heterocycles. The number of guanidine groups is 1. The number of hydrogen-bond acceptors (Lipinski definition) is 2. The number of aromatic nitrogens is 1. The van der Waals surface area contributed by atoms with Crippen LogP contribution in [0.5, 0.6) is 0 Å². The molecule has 142 valence electrons. The van der Waals surface area contributed by atoms with Crippen LogP contribution in [0.2, 0.25) is 5.15 Å². The Kier molecular flexibility index (Phi) is 9.87. The van der Waals surface area contributed by atoms with Gasteiger partial charge in [-0.05, 0) is 56.0 Å². The van der Waals surface area contributed by atoms with Crippen molar-refractivity contribution >= 4 is 41.5 Å². The molecule has 7 heteroatoms. The number of rotatable bonds is 6. The second-order valence-corrected chi connectivity index (χ2v) is 6.26. The van der Waals surface area contributed by atoms with Crippen LogP contribution in [0.15, 0.2) is 41.5 Å². The van der Waals surface area contributed by atoms with Crippen molar-refractivity contribution in [3.05, 3.63) is 64.2 Å². The molecule has 2 N–H and O–H groups in total. The van der Waals surface area contributed by atoms with E-state index in [4.69, 9.17) is 11.6 Å². The molecule has 0 saturated heterocycles. The van der Waals surface area contributed by atoms with Gasteiger partial charge < -0.3 is 10.6 Å². The molecule has 0 aliphatic carbocycles. The van der Waals surface area contributed by atoms with Crippen molar-refractivity contribution in [2.75, 3.05) is 13.1 Å². The molecule has 1 aromatic carbocycles. The predicted octanol–water partition coefficient (Wildman–Crippen LogP) is 4.66. The lowest BCUT2D eigenvalue weighted by atomic mass is 10.1. The van der Waals surface area contributed by atoms with Crippen LogP contribution in [0, 0.1) is 12.7 Å². The van der Waals surface area contributed by atoms with Gasteiger partial charge in [-0.2, -0.15) is 0 Å². The van der Waals surface area contributed by atoms with E-state index >= 15 is 0 Å². The molecule has 1 heterocycles. The first-order valence-electron chi connectivity index (χ1n) is 8.41. The van der Waals surface area contributed by atoms with E-state index in [1.807, 2.05) is 26.0 Å². The van der Waals surface area contributed by atoms with Crippen LogP contribution < -0.4 is 10.6 Å². The second-order valence-electron chi connectivity index (χ2n) is 5.87. The molecule has 4 nitrogen and oxygen atoms in total. The van der Waals surface area contributed by atoms with Crippen LogP contribution in [-0.2, 0) is 6.42 Å². The molecular weight excluding hydrogens is 466 g/mol. The fourth-order valence-corrected chi connectivity index (χ4v) is 2.45. The molecule has 0 aliphatic heterocycles. The van der Waals surface area contributed by atoms with E-state index in [2.05, 4.69) is 20.6 Å². The summed E-state index contributed by atoms with van der Waals surface area (Å²) in [5.41, 5.74) is 2.61. The van der Waals surface area contributed by atoms with Gasteiger partial charge in [0.25, 0.3) is 0 Å². The summed E-state index contributed by atoms with van der Waals surface area (Å²) in [5.74, 6) is 0.515. The summed E-state index contributed by atoms with van der Waals surface area (Å²) in [5, 5.41) is 7.01. The molecule has 0 aliphatic rings. The Morgan fingerprint density at radius 1 is 1.31 bits per heavy atom. The molecule has 2 aromatic rings. The fourth-order valence-electron chi connectivity index (χ4n) is 2.34. The van der Waals surface area contributed by atoms with Gasteiger partial charge in [0, 0.05) is 19.3 Å². The number of nitrogens with one attached hydrogen (secondary N) is 2. The van der Waals surface area contributed by atoms with Gasteiger partial charge in [0.05, 0.1) is 6.04 Å². The maximum absolute atomic E-state index is 13.8. The number of aryl methyl sites for hydroxylation is 1. The summed E-state index contributed by atoms with van der Waals surface area (Å²) in [4.78, 5) is 8.64. The van der Waals surface area contributed by atoms with Gasteiger partial charge >= 0.3 is 0 Å². The fraction of sp³-hybridized carbons (Fsp3) is 0.368. The highest BCUT2D eigenvalue weighted by atomic mass is 127. The lowest BCUT2D eigenvalue weighted by Gasteiger charge is -2.18. The third kappa shape index (κ3) is 7.07. The van der Waals surface area contributed by atoms with Gasteiger partial charge in [-0.25, -0.2) is 9.37 Å². The topological polar surface area (TPSA) is 49.3 Å². The Morgan fingerprint density at radius 2 is 2.08 bits per heavy atom. The van der Waals surface area contributed by atoms with Crippen LogP contribution >= 0.6 is 35.6 Å². The molecule has 0 amide bonds. The molecule has 2 rings (SSSR count). The van der Waals surface area contributed by atoms with E-state index in [-0.39, 0.29) is 35.8 Å². The number of aliphatic imine (C=N–C) groups is 1. The minimum Gasteiger partial charge on any atom is -0.357 e. The van der Waals surface area contributed by atoms with Crippen LogP contribution in [0.25, 0.3) is 0 Å². The van der Waals surface area contributed by atoms with Crippen LogP contribution in [-0.4, -0.2) is 24.0 Å². The van der Waals surface area contributed by atoms with Gasteiger partial charge in [-0.1, -0.05) is 29.8 Å². The lowest BCUT2D eigenvalue weighted by Crippen LogP contribution is -2.38. The van der Waals surface area contributed by atoms with Crippen LogP contribution in [0.3, 0.4) is 0 Å². The van der Waals surface area contributed by atoms with Gasteiger partial charge in [-0.15, -0.1) is 24.0 Å². The van der Waals surface area contributed by atoms with Crippen molar-refractivity contribution in [3.8, 4) is 0 Å². The average molecular weight is 491 g/mol. The second kappa shape index (κ2) is 11.3.